The van der Waals surface area contributed by atoms with Crippen molar-refractivity contribution in [3.63, 3.8) is 0 Å². The molecule has 82 valence electrons. The lowest BCUT2D eigenvalue weighted by atomic mass is 10.2. The van der Waals surface area contributed by atoms with E-state index in [0.29, 0.717) is 18.3 Å². The monoisotopic (exact) mass is 208 g/mol. The lowest BCUT2D eigenvalue weighted by Gasteiger charge is -2.10. The molecule has 4 nitrogen and oxygen atoms in total. The Hall–Kier alpha value is -1.29. The second-order valence-corrected chi connectivity index (χ2v) is 3.89. The van der Waals surface area contributed by atoms with Gasteiger partial charge in [-0.2, -0.15) is 0 Å². The quantitative estimate of drug-likeness (QED) is 0.806. The minimum atomic E-state index is -0.101. The number of nitrogens with zero attached hydrogens (tertiary/aromatic N) is 1. The third kappa shape index (κ3) is 2.39. The van der Waals surface area contributed by atoms with Gasteiger partial charge in [0.25, 0.3) is 5.56 Å². The van der Waals surface area contributed by atoms with Gasteiger partial charge in [0.05, 0.1) is 11.8 Å². The summed E-state index contributed by atoms with van der Waals surface area (Å²) in [5, 5.41) is 0. The molecule has 2 heterocycles. The van der Waals surface area contributed by atoms with Crippen LogP contribution in [0.4, 0.5) is 5.69 Å². The van der Waals surface area contributed by atoms with Crippen molar-refractivity contribution in [2.24, 2.45) is 0 Å². The summed E-state index contributed by atoms with van der Waals surface area (Å²) in [5.74, 6) is 0. The fourth-order valence-corrected chi connectivity index (χ4v) is 1.89. The summed E-state index contributed by atoms with van der Waals surface area (Å²) >= 11 is 0. The molecule has 0 aliphatic carbocycles. The average Bonchev–Trinajstić information content (AvgIpc) is 2.73. The molecule has 1 fully saturated rings. The molecule has 15 heavy (non-hydrogen) atoms. The van der Waals surface area contributed by atoms with Gasteiger partial charge in [-0.25, -0.2) is 0 Å². The van der Waals surface area contributed by atoms with E-state index in [0.717, 1.165) is 25.9 Å². The number of nitrogen functional groups attached to an aromatic ring is 1. The summed E-state index contributed by atoms with van der Waals surface area (Å²) in [7, 11) is 0. The molecule has 0 saturated carbocycles. The number of anilines is 1. The number of aromatic nitrogens is 1. The van der Waals surface area contributed by atoms with Crippen molar-refractivity contribution in [1.82, 2.24) is 4.57 Å². The van der Waals surface area contributed by atoms with Crippen molar-refractivity contribution in [2.45, 2.75) is 31.9 Å². The molecule has 0 spiro atoms. The van der Waals surface area contributed by atoms with Crippen molar-refractivity contribution in [3.05, 3.63) is 28.7 Å². The van der Waals surface area contributed by atoms with Crippen molar-refractivity contribution in [3.8, 4) is 0 Å². The van der Waals surface area contributed by atoms with Gasteiger partial charge < -0.3 is 15.0 Å². The Labute approximate surface area is 88.7 Å². The Morgan fingerprint density at radius 1 is 1.60 bits per heavy atom. The molecule has 0 amide bonds. The highest BCUT2D eigenvalue weighted by atomic mass is 16.5. The summed E-state index contributed by atoms with van der Waals surface area (Å²) in [6, 6.07) is 3.43. The van der Waals surface area contributed by atoms with E-state index in [1.165, 1.54) is 0 Å². The lowest BCUT2D eigenvalue weighted by Crippen LogP contribution is -2.23. The van der Waals surface area contributed by atoms with Crippen LogP contribution in [0.1, 0.15) is 19.3 Å². The molecule has 1 aliphatic rings. The predicted molar refractivity (Wildman–Crippen MR) is 58.7 cm³/mol. The van der Waals surface area contributed by atoms with E-state index >= 15 is 0 Å². The van der Waals surface area contributed by atoms with Gasteiger partial charge in [0.2, 0.25) is 0 Å². The molecule has 0 aromatic carbocycles. The molecule has 1 aliphatic heterocycles. The van der Waals surface area contributed by atoms with Crippen LogP contribution in [0.5, 0.6) is 0 Å². The minimum absolute atomic E-state index is 0.101. The van der Waals surface area contributed by atoms with Gasteiger partial charge in [0, 0.05) is 19.3 Å². The molecule has 0 radical (unpaired) electrons. The van der Waals surface area contributed by atoms with Gasteiger partial charge in [-0.05, 0) is 31.4 Å². The van der Waals surface area contributed by atoms with Gasteiger partial charge in [-0.15, -0.1) is 0 Å². The van der Waals surface area contributed by atoms with Crippen molar-refractivity contribution < 1.29 is 4.74 Å². The Morgan fingerprint density at radius 2 is 2.47 bits per heavy atom. The smallest absolute Gasteiger partial charge is 0.273 e. The van der Waals surface area contributed by atoms with E-state index in [2.05, 4.69) is 0 Å². The summed E-state index contributed by atoms with van der Waals surface area (Å²) in [6.45, 7) is 1.55. The van der Waals surface area contributed by atoms with Crippen LogP contribution < -0.4 is 11.3 Å². The van der Waals surface area contributed by atoms with Crippen LogP contribution in [-0.4, -0.2) is 17.3 Å². The molecule has 2 rings (SSSR count). The Kier molecular flexibility index (Phi) is 3.06. The first-order chi connectivity index (χ1) is 7.27. The highest BCUT2D eigenvalue weighted by molar-refractivity contribution is 5.33. The maximum atomic E-state index is 11.6. The Balaban J connectivity index is 1.98. The number of nitrogens with two attached hydrogens (primary N) is 1. The summed E-state index contributed by atoms with van der Waals surface area (Å²) in [5.41, 5.74) is 5.75. The Morgan fingerprint density at radius 3 is 3.20 bits per heavy atom. The van der Waals surface area contributed by atoms with Gasteiger partial charge in [-0.3, -0.25) is 4.79 Å². The number of hydrogen-bond donors (Lipinski definition) is 1. The SMILES string of the molecule is Nc1cccn(CCC2CCCO2)c1=O. The number of ether oxygens (including phenoxy) is 1. The molecule has 1 aromatic rings. The fourth-order valence-electron chi connectivity index (χ4n) is 1.89. The first kappa shape index (κ1) is 10.2. The topological polar surface area (TPSA) is 57.2 Å². The van der Waals surface area contributed by atoms with Gasteiger partial charge >= 0.3 is 0 Å². The average molecular weight is 208 g/mol. The molecule has 1 saturated heterocycles. The predicted octanol–water partition coefficient (Wildman–Crippen LogP) is 1.000. The standard InChI is InChI=1S/C11H16N2O2/c12-10-4-1-6-13(11(10)14)7-5-9-3-2-8-15-9/h1,4,6,9H,2-3,5,7-8,12H2. The Bertz CT molecular complexity index is 380. The number of pyridine rings is 1. The zero-order valence-electron chi connectivity index (χ0n) is 8.69. The summed E-state index contributed by atoms with van der Waals surface area (Å²) < 4.78 is 7.15. The van der Waals surface area contributed by atoms with Crippen LogP contribution >= 0.6 is 0 Å². The van der Waals surface area contributed by atoms with Crippen LogP contribution in [0, 0.1) is 0 Å². The lowest BCUT2D eigenvalue weighted by molar-refractivity contribution is 0.100. The van der Waals surface area contributed by atoms with E-state index in [4.69, 9.17) is 10.5 Å². The molecule has 0 bridgehead atoms. The first-order valence-corrected chi connectivity index (χ1v) is 5.34. The van der Waals surface area contributed by atoms with Crippen molar-refractivity contribution >= 4 is 5.69 Å². The van der Waals surface area contributed by atoms with E-state index in [1.807, 2.05) is 0 Å². The number of rotatable bonds is 3. The number of aryl methyl sites for hydroxylation is 1. The second-order valence-electron chi connectivity index (χ2n) is 3.89. The minimum Gasteiger partial charge on any atom is -0.394 e. The van der Waals surface area contributed by atoms with E-state index in [9.17, 15) is 4.79 Å². The second kappa shape index (κ2) is 4.49. The molecule has 1 atom stereocenters. The fraction of sp³-hybridized carbons (Fsp3) is 0.545. The van der Waals surface area contributed by atoms with E-state index < -0.39 is 0 Å². The van der Waals surface area contributed by atoms with Gasteiger partial charge in [-0.1, -0.05) is 0 Å². The molecule has 4 heteroatoms. The zero-order chi connectivity index (χ0) is 10.7. The molecular weight excluding hydrogens is 192 g/mol. The maximum Gasteiger partial charge on any atom is 0.273 e. The highest BCUT2D eigenvalue weighted by Crippen LogP contribution is 2.15. The van der Waals surface area contributed by atoms with Crippen LogP contribution in [-0.2, 0) is 11.3 Å². The van der Waals surface area contributed by atoms with Gasteiger partial charge in [0.1, 0.15) is 0 Å². The molecular formula is C11H16N2O2. The van der Waals surface area contributed by atoms with E-state index in [1.54, 1.807) is 22.9 Å². The third-order valence-corrected chi connectivity index (χ3v) is 2.77. The summed E-state index contributed by atoms with van der Waals surface area (Å²) in [4.78, 5) is 11.6. The third-order valence-electron chi connectivity index (χ3n) is 2.77. The summed E-state index contributed by atoms with van der Waals surface area (Å²) in [6.07, 6.45) is 5.23. The maximum absolute atomic E-state index is 11.6. The van der Waals surface area contributed by atoms with Gasteiger partial charge in [0.15, 0.2) is 0 Å². The molecule has 1 unspecified atom stereocenters. The number of hydrogen-bond acceptors (Lipinski definition) is 3. The van der Waals surface area contributed by atoms with Crippen molar-refractivity contribution in [2.75, 3.05) is 12.3 Å². The molecule has 2 N–H and O–H groups in total. The van der Waals surface area contributed by atoms with Crippen LogP contribution in [0.15, 0.2) is 23.1 Å². The normalized spacial score (nSPS) is 20.7. The van der Waals surface area contributed by atoms with E-state index in [-0.39, 0.29) is 5.56 Å². The largest absolute Gasteiger partial charge is 0.394 e. The van der Waals surface area contributed by atoms with Crippen molar-refractivity contribution in [1.29, 1.82) is 0 Å². The zero-order valence-corrected chi connectivity index (χ0v) is 8.69. The van der Waals surface area contributed by atoms with Crippen LogP contribution in [0.3, 0.4) is 0 Å². The first-order valence-electron chi connectivity index (χ1n) is 5.34. The molecule has 1 aromatic heterocycles. The van der Waals surface area contributed by atoms with Crippen LogP contribution in [0.25, 0.3) is 0 Å². The highest BCUT2D eigenvalue weighted by Gasteiger charge is 2.15. The van der Waals surface area contributed by atoms with Crippen LogP contribution in [0.2, 0.25) is 0 Å².